The van der Waals surface area contributed by atoms with Crippen LogP contribution in [0.2, 0.25) is 0 Å². The van der Waals surface area contributed by atoms with E-state index in [1.165, 1.54) is 17.3 Å². The quantitative estimate of drug-likeness (QED) is 0.526. The molecule has 0 aliphatic carbocycles. The number of aliphatic imine (C=N–C) groups is 1. The standard InChI is InChI=1S/C25H22N2O3S/c1-16-6-9-18(10-7-16)15-30-20-5-3-4-19(13-20)14-23-24(29)27-25(31-23)26-21-12-17(2)8-11-22(21)28/h3-14,28H,15H2,1-2H3,(H,26,27,29)/b23-14-. The minimum atomic E-state index is -0.220. The zero-order valence-electron chi connectivity index (χ0n) is 17.3. The van der Waals surface area contributed by atoms with Gasteiger partial charge in [-0.1, -0.05) is 48.0 Å². The Labute approximate surface area is 185 Å². The average Bonchev–Trinajstić information content (AvgIpc) is 3.09. The number of phenolic OH excluding ortho intramolecular Hbond substituents is 1. The van der Waals surface area contributed by atoms with Crippen molar-refractivity contribution in [2.24, 2.45) is 4.99 Å². The second-order valence-electron chi connectivity index (χ2n) is 7.32. The number of phenols is 1. The van der Waals surface area contributed by atoms with E-state index in [2.05, 4.69) is 29.4 Å². The van der Waals surface area contributed by atoms with Gasteiger partial charge in [-0.25, -0.2) is 4.99 Å². The van der Waals surface area contributed by atoms with Crippen LogP contribution in [0.1, 0.15) is 22.3 Å². The number of hydrogen-bond acceptors (Lipinski definition) is 5. The first-order valence-electron chi connectivity index (χ1n) is 9.84. The number of aromatic hydroxyl groups is 1. The Morgan fingerprint density at radius 3 is 2.61 bits per heavy atom. The van der Waals surface area contributed by atoms with Gasteiger partial charge in [-0.3, -0.25) is 4.79 Å². The molecule has 3 aromatic carbocycles. The lowest BCUT2D eigenvalue weighted by atomic mass is 10.1. The molecular weight excluding hydrogens is 408 g/mol. The Morgan fingerprint density at radius 1 is 1.03 bits per heavy atom. The van der Waals surface area contributed by atoms with Gasteiger partial charge in [0.25, 0.3) is 5.91 Å². The number of hydrogen-bond donors (Lipinski definition) is 2. The first kappa shape index (κ1) is 20.8. The van der Waals surface area contributed by atoms with E-state index >= 15 is 0 Å². The summed E-state index contributed by atoms with van der Waals surface area (Å²) in [4.78, 5) is 17.3. The topological polar surface area (TPSA) is 70.9 Å². The Hall–Kier alpha value is -3.51. The molecule has 4 rings (SSSR count). The molecule has 0 unspecified atom stereocenters. The number of amidine groups is 1. The SMILES string of the molecule is Cc1ccc(COc2cccc(/C=C3\SC(=Nc4cc(C)ccc4O)NC3=O)c2)cc1. The minimum absolute atomic E-state index is 0.0730. The number of amides is 1. The van der Waals surface area contributed by atoms with Crippen LogP contribution in [0.4, 0.5) is 5.69 Å². The largest absolute Gasteiger partial charge is 0.506 e. The van der Waals surface area contributed by atoms with Crippen LogP contribution in [0.5, 0.6) is 11.5 Å². The van der Waals surface area contributed by atoms with Crippen molar-refractivity contribution < 1.29 is 14.6 Å². The summed E-state index contributed by atoms with van der Waals surface area (Å²) in [5.74, 6) is 0.586. The minimum Gasteiger partial charge on any atom is -0.506 e. The van der Waals surface area contributed by atoms with Crippen molar-refractivity contribution in [3.8, 4) is 11.5 Å². The molecule has 1 aliphatic rings. The molecule has 31 heavy (non-hydrogen) atoms. The van der Waals surface area contributed by atoms with E-state index in [1.807, 2.05) is 43.3 Å². The molecule has 0 spiro atoms. The Morgan fingerprint density at radius 2 is 1.81 bits per heavy atom. The third-order valence-electron chi connectivity index (χ3n) is 4.69. The van der Waals surface area contributed by atoms with Crippen molar-refractivity contribution in [3.63, 3.8) is 0 Å². The summed E-state index contributed by atoms with van der Waals surface area (Å²) in [5.41, 5.74) is 4.57. The van der Waals surface area contributed by atoms with Crippen molar-refractivity contribution in [2.45, 2.75) is 20.5 Å². The van der Waals surface area contributed by atoms with Crippen molar-refractivity contribution >= 4 is 34.6 Å². The molecule has 0 aromatic heterocycles. The third-order valence-corrected chi connectivity index (χ3v) is 5.60. The Kier molecular flexibility index (Phi) is 6.09. The highest BCUT2D eigenvalue weighted by atomic mass is 32.2. The van der Waals surface area contributed by atoms with E-state index in [0.717, 1.165) is 22.4 Å². The summed E-state index contributed by atoms with van der Waals surface area (Å²) in [6.45, 7) is 4.45. The number of nitrogens with zero attached hydrogens (tertiary/aromatic N) is 1. The molecule has 1 saturated heterocycles. The highest BCUT2D eigenvalue weighted by Crippen LogP contribution is 2.32. The maximum atomic E-state index is 12.4. The first-order valence-corrected chi connectivity index (χ1v) is 10.7. The van der Waals surface area contributed by atoms with Gasteiger partial charge in [-0.2, -0.15) is 0 Å². The number of carbonyl (C=O) groups excluding carboxylic acids is 1. The summed E-state index contributed by atoms with van der Waals surface area (Å²) in [6.07, 6.45) is 1.80. The van der Waals surface area contributed by atoms with Crippen LogP contribution >= 0.6 is 11.8 Å². The molecule has 1 aliphatic heterocycles. The van der Waals surface area contributed by atoms with Crippen LogP contribution < -0.4 is 10.1 Å². The molecule has 1 heterocycles. The van der Waals surface area contributed by atoms with Gasteiger partial charge in [-0.05, 0) is 72.6 Å². The van der Waals surface area contributed by atoms with Crippen LogP contribution in [0.25, 0.3) is 6.08 Å². The van der Waals surface area contributed by atoms with Gasteiger partial charge < -0.3 is 15.2 Å². The van der Waals surface area contributed by atoms with E-state index in [9.17, 15) is 9.90 Å². The zero-order chi connectivity index (χ0) is 21.8. The Balaban J connectivity index is 1.47. The molecular formula is C25H22N2O3S. The fourth-order valence-electron chi connectivity index (χ4n) is 3.01. The summed E-state index contributed by atoms with van der Waals surface area (Å²) in [6, 6.07) is 21.0. The first-order chi connectivity index (χ1) is 15.0. The highest BCUT2D eigenvalue weighted by Gasteiger charge is 2.24. The molecule has 0 atom stereocenters. The van der Waals surface area contributed by atoms with E-state index in [-0.39, 0.29) is 11.7 Å². The number of aryl methyl sites for hydroxylation is 2. The molecule has 0 radical (unpaired) electrons. The number of nitrogens with one attached hydrogen (secondary N) is 1. The zero-order valence-corrected chi connectivity index (χ0v) is 18.1. The van der Waals surface area contributed by atoms with Gasteiger partial charge in [0, 0.05) is 0 Å². The van der Waals surface area contributed by atoms with Crippen molar-refractivity contribution in [1.29, 1.82) is 0 Å². The lowest BCUT2D eigenvalue weighted by molar-refractivity contribution is -0.115. The van der Waals surface area contributed by atoms with Crippen molar-refractivity contribution in [1.82, 2.24) is 5.32 Å². The second kappa shape index (κ2) is 9.10. The molecule has 156 valence electrons. The Bertz CT molecular complexity index is 1180. The van der Waals surface area contributed by atoms with Gasteiger partial charge in [-0.15, -0.1) is 0 Å². The number of thioether (sulfide) groups is 1. The third kappa shape index (κ3) is 5.35. The molecule has 1 fully saturated rings. The number of carbonyl (C=O) groups is 1. The molecule has 2 N–H and O–H groups in total. The molecule has 0 saturated carbocycles. The van der Waals surface area contributed by atoms with Crippen LogP contribution in [0, 0.1) is 13.8 Å². The maximum Gasteiger partial charge on any atom is 0.264 e. The lowest BCUT2D eigenvalue weighted by Crippen LogP contribution is -2.19. The van der Waals surface area contributed by atoms with Crippen LogP contribution in [-0.4, -0.2) is 16.2 Å². The smallest absolute Gasteiger partial charge is 0.264 e. The fourth-order valence-corrected chi connectivity index (χ4v) is 3.84. The fraction of sp³-hybridized carbons (Fsp3) is 0.120. The van der Waals surface area contributed by atoms with Crippen LogP contribution in [-0.2, 0) is 11.4 Å². The van der Waals surface area contributed by atoms with Gasteiger partial charge in [0.1, 0.15) is 23.8 Å². The van der Waals surface area contributed by atoms with Crippen LogP contribution in [0.15, 0.2) is 76.6 Å². The van der Waals surface area contributed by atoms with Crippen molar-refractivity contribution in [3.05, 3.63) is 93.9 Å². The van der Waals surface area contributed by atoms with E-state index < -0.39 is 0 Å². The van der Waals surface area contributed by atoms with Crippen molar-refractivity contribution in [2.75, 3.05) is 0 Å². The van der Waals surface area contributed by atoms with Gasteiger partial charge in [0.2, 0.25) is 0 Å². The number of ether oxygens (including phenoxy) is 1. The molecule has 6 heteroatoms. The number of benzene rings is 3. The lowest BCUT2D eigenvalue weighted by Gasteiger charge is -2.07. The normalized spacial score (nSPS) is 16.0. The van der Waals surface area contributed by atoms with Gasteiger partial charge >= 0.3 is 0 Å². The molecule has 3 aromatic rings. The summed E-state index contributed by atoms with van der Waals surface area (Å²) in [5, 5.41) is 13.2. The van der Waals surface area contributed by atoms with Gasteiger partial charge in [0.15, 0.2) is 5.17 Å². The average molecular weight is 431 g/mol. The molecule has 0 bridgehead atoms. The van der Waals surface area contributed by atoms with E-state index in [1.54, 1.807) is 24.3 Å². The molecule has 1 amide bonds. The monoisotopic (exact) mass is 430 g/mol. The highest BCUT2D eigenvalue weighted by molar-refractivity contribution is 8.18. The second-order valence-corrected chi connectivity index (χ2v) is 8.35. The van der Waals surface area contributed by atoms with E-state index in [4.69, 9.17) is 4.74 Å². The number of rotatable bonds is 5. The van der Waals surface area contributed by atoms with Gasteiger partial charge in [0.05, 0.1) is 4.91 Å². The summed E-state index contributed by atoms with van der Waals surface area (Å²) >= 11 is 1.24. The van der Waals surface area contributed by atoms with Crippen LogP contribution in [0.3, 0.4) is 0 Å². The summed E-state index contributed by atoms with van der Waals surface area (Å²) in [7, 11) is 0. The molecule has 5 nitrogen and oxygen atoms in total. The predicted octanol–water partition coefficient (Wildman–Crippen LogP) is 5.48. The summed E-state index contributed by atoms with van der Waals surface area (Å²) < 4.78 is 5.90. The maximum absolute atomic E-state index is 12.4. The van der Waals surface area contributed by atoms with E-state index in [0.29, 0.717) is 22.4 Å². The predicted molar refractivity (Wildman–Crippen MR) is 126 cm³/mol.